The Labute approximate surface area is 238 Å². The number of alkyl halides is 3. The highest BCUT2D eigenvalue weighted by Crippen LogP contribution is 2.50. The molecule has 7 nitrogen and oxygen atoms in total. The number of hydrogen-bond acceptors (Lipinski definition) is 6. The number of hydrogen-bond donors (Lipinski definition) is 0. The van der Waals surface area contributed by atoms with Gasteiger partial charge in [0.05, 0.1) is 31.6 Å². The number of carbonyl (C=O) groups excluding carboxylic acids is 1. The van der Waals surface area contributed by atoms with Gasteiger partial charge in [-0.15, -0.1) is 11.8 Å². The summed E-state index contributed by atoms with van der Waals surface area (Å²) < 4.78 is 79.4. The van der Waals surface area contributed by atoms with E-state index in [-0.39, 0.29) is 71.4 Å². The van der Waals surface area contributed by atoms with Gasteiger partial charge in [0.2, 0.25) is 5.91 Å². The van der Waals surface area contributed by atoms with Crippen molar-refractivity contribution in [3.63, 3.8) is 0 Å². The molecule has 2 aliphatic rings. The minimum absolute atomic E-state index is 0.0383. The summed E-state index contributed by atoms with van der Waals surface area (Å²) in [6.07, 6.45) is -5.11. The fourth-order valence-corrected chi connectivity index (χ4v) is 7.24. The smallest absolute Gasteiger partial charge is 0.383 e. The number of halogens is 5. The molecule has 2 aliphatic heterocycles. The maximum absolute atomic E-state index is 15.0. The lowest BCUT2D eigenvalue weighted by Gasteiger charge is -2.45. The molecule has 41 heavy (non-hydrogen) atoms. The molecule has 216 valence electrons. The highest BCUT2D eigenvalue weighted by atomic mass is 32.2. The molecular formula is C27H26BF5N4O3S. The average molecular weight is 592 g/mol. The maximum atomic E-state index is 15.0. The number of nitrogens with zero attached hydrogens (tertiary/aromatic N) is 4. The largest absolute Gasteiger partial charge is 0.417 e. The van der Waals surface area contributed by atoms with Gasteiger partial charge in [-0.2, -0.15) is 18.2 Å². The third kappa shape index (κ3) is 5.09. The minimum atomic E-state index is -4.92. The SMILES string of the molecule is [B]CC(=O)N1[C@H](C)CN(c2nc(=O)n3c4c(c(-c5ccc(F)cc5F)c(C(F)(F)F)cc24)SC[C@@H]3COC)C[C@@H]1C. The number of anilines is 1. The Bertz CT molecular complexity index is 1570. The van der Waals surface area contributed by atoms with Crippen LogP contribution in [0.15, 0.2) is 34.0 Å². The molecule has 3 atom stereocenters. The summed E-state index contributed by atoms with van der Waals surface area (Å²) in [5, 5.41) is 0.0597. The first-order valence-corrected chi connectivity index (χ1v) is 13.9. The molecule has 0 spiro atoms. The van der Waals surface area contributed by atoms with E-state index in [4.69, 9.17) is 12.6 Å². The first-order chi connectivity index (χ1) is 19.4. The number of methoxy groups -OCH3 is 1. The number of benzene rings is 2. The Hall–Kier alpha value is -3.13. The molecular weight excluding hydrogens is 566 g/mol. The van der Waals surface area contributed by atoms with E-state index in [1.54, 1.807) is 23.6 Å². The minimum Gasteiger partial charge on any atom is -0.383 e. The third-order valence-electron chi connectivity index (χ3n) is 7.48. The van der Waals surface area contributed by atoms with Gasteiger partial charge in [-0.25, -0.2) is 13.6 Å². The second kappa shape index (κ2) is 10.9. The first-order valence-electron chi connectivity index (χ1n) is 12.9. The Morgan fingerprint density at radius 2 is 1.85 bits per heavy atom. The van der Waals surface area contributed by atoms with Crippen LogP contribution in [0.4, 0.5) is 27.8 Å². The number of rotatable bonds is 5. The summed E-state index contributed by atoms with van der Waals surface area (Å²) in [6, 6.07) is 2.00. The van der Waals surface area contributed by atoms with Crippen molar-refractivity contribution in [2.75, 3.05) is 37.5 Å². The monoisotopic (exact) mass is 592 g/mol. The molecule has 1 aromatic heterocycles. The van der Waals surface area contributed by atoms with Crippen molar-refractivity contribution in [2.45, 2.75) is 49.4 Å². The van der Waals surface area contributed by atoms with Crippen molar-refractivity contribution in [1.29, 1.82) is 0 Å². The summed E-state index contributed by atoms with van der Waals surface area (Å²) in [5.41, 5.74) is -2.54. The number of thioether (sulfide) groups is 1. The highest BCUT2D eigenvalue weighted by Gasteiger charge is 2.41. The molecule has 3 aromatic rings. The zero-order chi connectivity index (χ0) is 29.8. The van der Waals surface area contributed by atoms with Crippen molar-refractivity contribution in [2.24, 2.45) is 0 Å². The molecule has 0 aliphatic carbocycles. The molecule has 2 radical (unpaired) electrons. The lowest BCUT2D eigenvalue weighted by atomic mass is 9.95. The van der Waals surface area contributed by atoms with Gasteiger partial charge in [0.1, 0.15) is 17.5 Å². The fourth-order valence-electron chi connectivity index (χ4n) is 5.92. The lowest BCUT2D eigenvalue weighted by molar-refractivity contribution is -0.137. The molecule has 14 heteroatoms. The standard InChI is InChI=1S/C27H26BF5N4O3S/c1-13-9-35(10-14(2)36(13)21(38)8-28)25-18-7-19(27(31,32)33)22(17-5-4-15(29)6-20(17)30)24-23(18)37(26(39)34-25)16(11-40-3)12-41-24/h4-7,13-14,16H,8-12H2,1-3H3/t13-,14+,16-/m0/s1. The second-order valence-electron chi connectivity index (χ2n) is 10.3. The Morgan fingerprint density at radius 1 is 1.17 bits per heavy atom. The molecule has 2 aromatic carbocycles. The summed E-state index contributed by atoms with van der Waals surface area (Å²) in [4.78, 5) is 33.6. The van der Waals surface area contributed by atoms with Gasteiger partial charge in [0, 0.05) is 65.5 Å². The van der Waals surface area contributed by atoms with E-state index in [1.165, 1.54) is 11.7 Å². The summed E-state index contributed by atoms with van der Waals surface area (Å²) in [7, 11) is 7.02. The van der Waals surface area contributed by atoms with Crippen molar-refractivity contribution < 1.29 is 31.5 Å². The average Bonchev–Trinajstić information content (AvgIpc) is 2.90. The van der Waals surface area contributed by atoms with Crippen LogP contribution < -0.4 is 10.6 Å². The lowest BCUT2D eigenvalue weighted by Crippen LogP contribution is -2.59. The van der Waals surface area contributed by atoms with Gasteiger partial charge in [0.25, 0.3) is 0 Å². The van der Waals surface area contributed by atoms with Crippen LogP contribution in [0.2, 0.25) is 6.32 Å². The van der Waals surface area contributed by atoms with Crippen LogP contribution in [0.25, 0.3) is 22.0 Å². The van der Waals surface area contributed by atoms with E-state index in [2.05, 4.69) is 4.98 Å². The van der Waals surface area contributed by atoms with E-state index in [1.807, 2.05) is 0 Å². The van der Waals surface area contributed by atoms with Gasteiger partial charge in [-0.1, -0.05) is 0 Å². The van der Waals surface area contributed by atoms with Crippen molar-refractivity contribution in [3.05, 3.63) is 51.9 Å². The number of carbonyl (C=O) groups is 1. The maximum Gasteiger partial charge on any atom is 0.417 e. The van der Waals surface area contributed by atoms with Crippen molar-refractivity contribution >= 4 is 42.2 Å². The van der Waals surface area contributed by atoms with Gasteiger partial charge in [0.15, 0.2) is 0 Å². The fraction of sp³-hybridized carbons (Fsp3) is 0.444. The third-order valence-corrected chi connectivity index (χ3v) is 8.71. The quantitative estimate of drug-likeness (QED) is 0.317. The predicted molar refractivity (Wildman–Crippen MR) is 147 cm³/mol. The molecule has 0 N–H and O–H groups in total. The van der Waals surface area contributed by atoms with Gasteiger partial charge in [-0.3, -0.25) is 9.36 Å². The predicted octanol–water partition coefficient (Wildman–Crippen LogP) is 4.67. The zero-order valence-corrected chi connectivity index (χ0v) is 23.3. The van der Waals surface area contributed by atoms with E-state index >= 15 is 4.39 Å². The van der Waals surface area contributed by atoms with Crippen LogP contribution in [0.3, 0.4) is 0 Å². The van der Waals surface area contributed by atoms with Crippen LogP contribution in [0, 0.1) is 11.6 Å². The highest BCUT2D eigenvalue weighted by molar-refractivity contribution is 7.99. The van der Waals surface area contributed by atoms with E-state index in [0.717, 1.165) is 30.0 Å². The van der Waals surface area contributed by atoms with E-state index in [0.29, 0.717) is 6.07 Å². The molecule has 1 amide bonds. The molecule has 0 unspecified atom stereocenters. The summed E-state index contributed by atoms with van der Waals surface area (Å²) in [5.74, 6) is -2.14. The molecule has 5 rings (SSSR count). The Balaban J connectivity index is 1.83. The summed E-state index contributed by atoms with van der Waals surface area (Å²) in [6.45, 7) is 4.06. The Kier molecular flexibility index (Phi) is 7.83. The van der Waals surface area contributed by atoms with Crippen molar-refractivity contribution in [1.82, 2.24) is 14.5 Å². The number of amides is 1. The van der Waals surface area contributed by atoms with E-state index < -0.39 is 46.2 Å². The van der Waals surface area contributed by atoms with Crippen LogP contribution in [0.5, 0.6) is 0 Å². The van der Waals surface area contributed by atoms with Crippen LogP contribution in [-0.4, -0.2) is 72.8 Å². The molecule has 0 saturated carbocycles. The van der Waals surface area contributed by atoms with Crippen LogP contribution in [0.1, 0.15) is 25.5 Å². The van der Waals surface area contributed by atoms with Gasteiger partial charge >= 0.3 is 11.9 Å². The zero-order valence-electron chi connectivity index (χ0n) is 22.5. The van der Waals surface area contributed by atoms with Crippen LogP contribution >= 0.6 is 11.8 Å². The van der Waals surface area contributed by atoms with Gasteiger partial charge in [-0.05, 0) is 38.4 Å². The Morgan fingerprint density at radius 3 is 2.44 bits per heavy atom. The normalized spacial score (nSPS) is 21.0. The number of aromatic nitrogens is 2. The van der Waals surface area contributed by atoms with Crippen molar-refractivity contribution in [3.8, 4) is 11.1 Å². The van der Waals surface area contributed by atoms with E-state index in [9.17, 15) is 27.2 Å². The molecule has 0 bridgehead atoms. The second-order valence-corrected chi connectivity index (χ2v) is 11.3. The van der Waals surface area contributed by atoms with Crippen LogP contribution in [-0.2, 0) is 15.7 Å². The van der Waals surface area contributed by atoms with Gasteiger partial charge < -0.3 is 14.5 Å². The molecule has 3 heterocycles. The molecule has 1 saturated heterocycles. The summed E-state index contributed by atoms with van der Waals surface area (Å²) >= 11 is 1.05. The number of piperazine rings is 1. The number of ether oxygens (including phenoxy) is 1. The first kappa shape index (κ1) is 29.4. The topological polar surface area (TPSA) is 67.7 Å². The molecule has 1 fully saturated rings.